The third-order valence-corrected chi connectivity index (χ3v) is 2.54. The van der Waals surface area contributed by atoms with Crippen LogP contribution in [0, 0.1) is 6.92 Å². The van der Waals surface area contributed by atoms with Gasteiger partial charge in [0.05, 0.1) is 6.42 Å². The van der Waals surface area contributed by atoms with Crippen LogP contribution in [0.15, 0.2) is 18.2 Å². The maximum atomic E-state index is 12.1. The smallest absolute Gasteiger partial charge is 0.390 e. The second-order valence-corrected chi connectivity index (χ2v) is 4.29. The van der Waals surface area contributed by atoms with Gasteiger partial charge in [-0.15, -0.1) is 0 Å². The van der Waals surface area contributed by atoms with Gasteiger partial charge < -0.3 is 11.1 Å². The number of hydrogen-bond donors (Lipinski definition) is 2. The Labute approximate surface area is 99.0 Å². The first-order valence-electron chi connectivity index (χ1n) is 5.43. The molecule has 0 aromatic heterocycles. The summed E-state index contributed by atoms with van der Waals surface area (Å²) in [4.78, 5) is 0. The van der Waals surface area contributed by atoms with Gasteiger partial charge in [0, 0.05) is 18.3 Å². The molecule has 0 amide bonds. The highest BCUT2D eigenvalue weighted by Crippen LogP contribution is 2.21. The van der Waals surface area contributed by atoms with E-state index in [9.17, 15) is 13.2 Å². The largest absolute Gasteiger partial charge is 0.399 e. The molecule has 0 aliphatic heterocycles. The van der Waals surface area contributed by atoms with E-state index in [1.807, 2.05) is 19.1 Å². The van der Waals surface area contributed by atoms with Gasteiger partial charge in [0.1, 0.15) is 0 Å². The maximum absolute atomic E-state index is 12.1. The molecule has 0 saturated heterocycles. The van der Waals surface area contributed by atoms with Gasteiger partial charge in [0.15, 0.2) is 0 Å². The molecule has 0 radical (unpaired) electrons. The van der Waals surface area contributed by atoms with E-state index in [2.05, 4.69) is 5.32 Å². The number of hydrogen-bond acceptors (Lipinski definition) is 2. The SMILES string of the molecule is Cc1ccc(CNC(C)CC(F)(F)F)cc1N. The zero-order valence-electron chi connectivity index (χ0n) is 9.93. The van der Waals surface area contributed by atoms with Crippen LogP contribution >= 0.6 is 0 Å². The summed E-state index contributed by atoms with van der Waals surface area (Å²) in [5.74, 6) is 0. The first-order chi connectivity index (χ1) is 7.78. The summed E-state index contributed by atoms with van der Waals surface area (Å²) in [6.07, 6.45) is -4.95. The van der Waals surface area contributed by atoms with Crippen LogP contribution in [0.1, 0.15) is 24.5 Å². The molecular formula is C12H17F3N2. The number of rotatable bonds is 4. The first-order valence-corrected chi connectivity index (χ1v) is 5.43. The van der Waals surface area contributed by atoms with Crippen molar-refractivity contribution < 1.29 is 13.2 Å². The fraction of sp³-hybridized carbons (Fsp3) is 0.500. The molecule has 1 unspecified atom stereocenters. The van der Waals surface area contributed by atoms with Crippen LogP contribution in [0.4, 0.5) is 18.9 Å². The van der Waals surface area contributed by atoms with E-state index >= 15 is 0 Å². The lowest BCUT2D eigenvalue weighted by molar-refractivity contribution is -0.139. The molecule has 2 nitrogen and oxygen atoms in total. The van der Waals surface area contributed by atoms with Crippen molar-refractivity contribution >= 4 is 5.69 Å². The topological polar surface area (TPSA) is 38.0 Å². The molecule has 3 N–H and O–H groups in total. The van der Waals surface area contributed by atoms with Crippen LogP contribution in [-0.2, 0) is 6.54 Å². The van der Waals surface area contributed by atoms with Crippen molar-refractivity contribution in [2.45, 2.75) is 39.0 Å². The maximum Gasteiger partial charge on any atom is 0.390 e. The highest BCUT2D eigenvalue weighted by molar-refractivity contribution is 5.48. The molecule has 5 heteroatoms. The van der Waals surface area contributed by atoms with E-state index in [0.29, 0.717) is 12.2 Å². The van der Waals surface area contributed by atoms with E-state index in [1.165, 1.54) is 6.92 Å². The highest BCUT2D eigenvalue weighted by atomic mass is 19.4. The molecule has 1 rings (SSSR count). The second-order valence-electron chi connectivity index (χ2n) is 4.29. The molecule has 0 saturated carbocycles. The lowest BCUT2D eigenvalue weighted by Gasteiger charge is -2.16. The van der Waals surface area contributed by atoms with Crippen molar-refractivity contribution in [3.8, 4) is 0 Å². The minimum Gasteiger partial charge on any atom is -0.399 e. The van der Waals surface area contributed by atoms with E-state index in [1.54, 1.807) is 6.07 Å². The summed E-state index contributed by atoms with van der Waals surface area (Å²) < 4.78 is 36.3. The molecule has 17 heavy (non-hydrogen) atoms. The van der Waals surface area contributed by atoms with Crippen LogP contribution in [0.25, 0.3) is 0 Å². The number of benzene rings is 1. The van der Waals surface area contributed by atoms with Gasteiger partial charge in [-0.05, 0) is 31.0 Å². The Balaban J connectivity index is 2.47. The fourth-order valence-corrected chi connectivity index (χ4v) is 1.51. The second kappa shape index (κ2) is 5.40. The van der Waals surface area contributed by atoms with Crippen molar-refractivity contribution in [1.82, 2.24) is 5.32 Å². The van der Waals surface area contributed by atoms with Crippen molar-refractivity contribution in [3.63, 3.8) is 0 Å². The van der Waals surface area contributed by atoms with Crippen LogP contribution < -0.4 is 11.1 Å². The van der Waals surface area contributed by atoms with Crippen LogP contribution in [0.3, 0.4) is 0 Å². The minimum atomic E-state index is -4.13. The Bertz CT molecular complexity index is 375. The van der Waals surface area contributed by atoms with Crippen LogP contribution in [0.5, 0.6) is 0 Å². The third kappa shape index (κ3) is 5.08. The quantitative estimate of drug-likeness (QED) is 0.801. The van der Waals surface area contributed by atoms with Crippen molar-refractivity contribution in [2.75, 3.05) is 5.73 Å². The normalized spacial score (nSPS) is 13.7. The van der Waals surface area contributed by atoms with E-state index in [0.717, 1.165) is 11.1 Å². The Morgan fingerprint density at radius 3 is 2.53 bits per heavy atom. The van der Waals surface area contributed by atoms with Crippen LogP contribution in [0.2, 0.25) is 0 Å². The summed E-state index contributed by atoms with van der Waals surface area (Å²) in [7, 11) is 0. The van der Waals surface area contributed by atoms with Crippen molar-refractivity contribution in [3.05, 3.63) is 29.3 Å². The van der Waals surface area contributed by atoms with E-state index < -0.39 is 18.6 Å². The molecule has 1 aromatic rings. The molecule has 0 spiro atoms. The molecule has 0 aliphatic carbocycles. The highest BCUT2D eigenvalue weighted by Gasteiger charge is 2.29. The average Bonchev–Trinajstić information content (AvgIpc) is 2.17. The lowest BCUT2D eigenvalue weighted by atomic mass is 10.1. The number of nitrogen functional groups attached to an aromatic ring is 1. The Morgan fingerprint density at radius 2 is 2.00 bits per heavy atom. The van der Waals surface area contributed by atoms with E-state index in [-0.39, 0.29) is 0 Å². The number of halogens is 3. The number of alkyl halides is 3. The van der Waals surface area contributed by atoms with Gasteiger partial charge in [-0.2, -0.15) is 13.2 Å². The first kappa shape index (κ1) is 13.8. The minimum absolute atomic E-state index is 0.391. The van der Waals surface area contributed by atoms with Gasteiger partial charge >= 0.3 is 6.18 Å². The predicted molar refractivity (Wildman–Crippen MR) is 62.6 cm³/mol. The summed E-state index contributed by atoms with van der Waals surface area (Å²) in [5, 5.41) is 2.83. The molecule has 1 atom stereocenters. The Kier molecular flexibility index (Phi) is 4.40. The third-order valence-electron chi connectivity index (χ3n) is 2.54. The van der Waals surface area contributed by atoms with Gasteiger partial charge in [-0.25, -0.2) is 0 Å². The van der Waals surface area contributed by atoms with Gasteiger partial charge in [-0.3, -0.25) is 0 Å². The number of aryl methyl sites for hydroxylation is 1. The summed E-state index contributed by atoms with van der Waals surface area (Å²) >= 11 is 0. The average molecular weight is 246 g/mol. The number of nitrogens with one attached hydrogen (secondary N) is 1. The molecule has 0 aliphatic rings. The Hall–Kier alpha value is -1.23. The van der Waals surface area contributed by atoms with Crippen LogP contribution in [-0.4, -0.2) is 12.2 Å². The predicted octanol–water partition coefficient (Wildman–Crippen LogP) is 3.01. The standard InChI is InChI=1S/C12H17F3N2/c1-8-3-4-10(5-11(8)16)7-17-9(2)6-12(13,14)15/h3-5,9,17H,6-7,16H2,1-2H3. The van der Waals surface area contributed by atoms with Gasteiger partial charge in [0.25, 0.3) is 0 Å². The molecule has 0 heterocycles. The molecule has 1 aromatic carbocycles. The summed E-state index contributed by atoms with van der Waals surface area (Å²) in [5.41, 5.74) is 8.24. The summed E-state index contributed by atoms with van der Waals surface area (Å²) in [6, 6.07) is 4.90. The number of anilines is 1. The van der Waals surface area contributed by atoms with E-state index in [4.69, 9.17) is 5.73 Å². The van der Waals surface area contributed by atoms with Gasteiger partial charge in [-0.1, -0.05) is 12.1 Å². The van der Waals surface area contributed by atoms with Gasteiger partial charge in [0.2, 0.25) is 0 Å². The molecule has 0 fully saturated rings. The monoisotopic (exact) mass is 246 g/mol. The Morgan fingerprint density at radius 1 is 1.35 bits per heavy atom. The fourth-order valence-electron chi connectivity index (χ4n) is 1.51. The number of nitrogens with two attached hydrogens (primary N) is 1. The van der Waals surface area contributed by atoms with Crippen molar-refractivity contribution in [2.24, 2.45) is 0 Å². The lowest BCUT2D eigenvalue weighted by Crippen LogP contribution is -2.30. The zero-order chi connectivity index (χ0) is 13.1. The molecule has 96 valence electrons. The zero-order valence-corrected chi connectivity index (χ0v) is 9.93. The molecular weight excluding hydrogens is 229 g/mol. The summed E-state index contributed by atoms with van der Waals surface area (Å²) in [6.45, 7) is 3.80. The molecule has 0 bridgehead atoms. The van der Waals surface area contributed by atoms with Crippen molar-refractivity contribution in [1.29, 1.82) is 0 Å².